The van der Waals surface area contributed by atoms with E-state index in [1.165, 1.54) is 6.20 Å². The van der Waals surface area contributed by atoms with Crippen LogP contribution in [0.25, 0.3) is 4.85 Å². The van der Waals surface area contributed by atoms with Gasteiger partial charge in [-0.3, -0.25) is 14.7 Å². The average Bonchev–Trinajstić information content (AvgIpc) is 2.88. The molecule has 0 bridgehead atoms. The summed E-state index contributed by atoms with van der Waals surface area (Å²) in [6.45, 7) is 9.32. The smallest absolute Gasteiger partial charge is 0.236 e. The van der Waals surface area contributed by atoms with Crippen LogP contribution >= 0.6 is 0 Å². The largest absolute Gasteiger partial charge is 0.283 e. The average molecular weight is 326 g/mol. The fourth-order valence-corrected chi connectivity index (χ4v) is 3.54. The van der Waals surface area contributed by atoms with Crippen molar-refractivity contribution in [3.63, 3.8) is 0 Å². The van der Waals surface area contributed by atoms with Crippen LogP contribution < -0.4 is 4.72 Å². The molecule has 0 saturated carbocycles. The van der Waals surface area contributed by atoms with Crippen molar-refractivity contribution in [2.45, 2.75) is 19.2 Å². The van der Waals surface area contributed by atoms with E-state index in [4.69, 9.17) is 6.57 Å². The van der Waals surface area contributed by atoms with Crippen molar-refractivity contribution < 1.29 is 8.42 Å². The van der Waals surface area contributed by atoms with Gasteiger partial charge in [-0.05, 0) is 18.6 Å². The van der Waals surface area contributed by atoms with Crippen LogP contribution in [0.5, 0.6) is 0 Å². The molecule has 2 aromatic rings. The molecule has 23 heavy (non-hydrogen) atoms. The van der Waals surface area contributed by atoms with Crippen molar-refractivity contribution in [1.29, 1.82) is 0 Å². The maximum atomic E-state index is 12.3. The van der Waals surface area contributed by atoms with Gasteiger partial charge in [0.25, 0.3) is 0 Å². The summed E-state index contributed by atoms with van der Waals surface area (Å²) in [5, 5.41) is 0. The number of nitrogens with one attached hydrogen (secondary N) is 1. The minimum Gasteiger partial charge on any atom is -0.283 e. The molecule has 1 aromatic heterocycles. The number of aliphatic imine (C=N–C) groups is 1. The summed E-state index contributed by atoms with van der Waals surface area (Å²) >= 11 is 0. The van der Waals surface area contributed by atoms with E-state index in [-0.39, 0.29) is 5.75 Å². The molecule has 0 aliphatic carbocycles. The lowest BCUT2D eigenvalue weighted by molar-refractivity contribution is 0.600. The summed E-state index contributed by atoms with van der Waals surface area (Å²) < 4.78 is 27.1. The van der Waals surface area contributed by atoms with Gasteiger partial charge in [-0.15, -0.1) is 0 Å². The fourth-order valence-electron chi connectivity index (χ4n) is 2.37. The second-order valence-electron chi connectivity index (χ2n) is 5.26. The maximum Gasteiger partial charge on any atom is 0.236 e. The van der Waals surface area contributed by atoms with Gasteiger partial charge in [-0.25, -0.2) is 13.3 Å². The zero-order chi connectivity index (χ0) is 16.4. The zero-order valence-corrected chi connectivity index (χ0v) is 13.3. The minimum absolute atomic E-state index is 0.157. The van der Waals surface area contributed by atoms with Crippen molar-refractivity contribution in [2.24, 2.45) is 4.99 Å². The van der Waals surface area contributed by atoms with Crippen molar-refractivity contribution in [1.82, 2.24) is 4.98 Å². The Morgan fingerprint density at radius 1 is 1.30 bits per heavy atom. The molecule has 0 radical (unpaired) electrons. The second-order valence-corrected chi connectivity index (χ2v) is 6.98. The standard InChI is InChI=1S/C16H14N4O2S/c1-11-15-7-14(8-19-16(15)9-18-11)20-23(21,22)10-12-3-5-13(17-2)6-4-12/h3-8,20H,9-10H2,1H3. The molecule has 1 aliphatic heterocycles. The van der Waals surface area contributed by atoms with Gasteiger partial charge in [0.1, 0.15) is 0 Å². The lowest BCUT2D eigenvalue weighted by Crippen LogP contribution is -2.15. The lowest BCUT2D eigenvalue weighted by Gasteiger charge is -2.09. The van der Waals surface area contributed by atoms with Gasteiger partial charge in [0.05, 0.1) is 36.4 Å². The molecular formula is C16H14N4O2S. The molecule has 2 heterocycles. The molecule has 7 heteroatoms. The Balaban J connectivity index is 1.77. The number of sulfonamides is 1. The Kier molecular flexibility index (Phi) is 3.84. The minimum atomic E-state index is -3.55. The van der Waals surface area contributed by atoms with Gasteiger partial charge in [-0.1, -0.05) is 24.3 Å². The van der Waals surface area contributed by atoms with Crippen LogP contribution in [0.2, 0.25) is 0 Å². The molecule has 0 amide bonds. The zero-order valence-electron chi connectivity index (χ0n) is 12.4. The van der Waals surface area contributed by atoms with Crippen molar-refractivity contribution in [2.75, 3.05) is 4.72 Å². The number of aromatic nitrogens is 1. The molecule has 116 valence electrons. The summed E-state index contributed by atoms with van der Waals surface area (Å²) in [6, 6.07) is 8.26. The second kappa shape index (κ2) is 5.82. The quantitative estimate of drug-likeness (QED) is 0.878. The van der Waals surface area contributed by atoms with Crippen LogP contribution in [0.1, 0.15) is 23.7 Å². The van der Waals surface area contributed by atoms with Gasteiger partial charge in [-0.2, -0.15) is 0 Å². The number of rotatable bonds is 4. The predicted molar refractivity (Wildman–Crippen MR) is 89.1 cm³/mol. The van der Waals surface area contributed by atoms with Crippen LogP contribution in [0.3, 0.4) is 0 Å². The SMILES string of the molecule is [C-]#[N+]c1ccc(CS(=O)(=O)Nc2cnc3c(c2)C(C)=NC3)cc1. The van der Waals surface area contributed by atoms with Crippen LogP contribution in [-0.2, 0) is 22.3 Å². The van der Waals surface area contributed by atoms with E-state index in [1.807, 2.05) is 6.92 Å². The van der Waals surface area contributed by atoms with E-state index >= 15 is 0 Å². The van der Waals surface area contributed by atoms with Gasteiger partial charge < -0.3 is 0 Å². The number of hydrogen-bond acceptors (Lipinski definition) is 4. The highest BCUT2D eigenvalue weighted by molar-refractivity contribution is 7.91. The van der Waals surface area contributed by atoms with E-state index in [0.29, 0.717) is 23.5 Å². The van der Waals surface area contributed by atoms with Gasteiger partial charge in [0, 0.05) is 11.3 Å². The van der Waals surface area contributed by atoms with Crippen LogP contribution in [0, 0.1) is 6.57 Å². The maximum absolute atomic E-state index is 12.3. The first-order valence-electron chi connectivity index (χ1n) is 6.94. The molecule has 6 nitrogen and oxygen atoms in total. The normalized spacial score (nSPS) is 13.1. The van der Waals surface area contributed by atoms with E-state index in [1.54, 1.807) is 30.3 Å². The third-order valence-corrected chi connectivity index (χ3v) is 4.78. The van der Waals surface area contributed by atoms with Crippen molar-refractivity contribution in [3.8, 4) is 0 Å². The predicted octanol–water partition coefficient (Wildman–Crippen LogP) is 2.90. The van der Waals surface area contributed by atoms with E-state index in [0.717, 1.165) is 17.0 Å². The van der Waals surface area contributed by atoms with Gasteiger partial charge in [0.15, 0.2) is 5.69 Å². The van der Waals surface area contributed by atoms with E-state index in [2.05, 4.69) is 19.5 Å². The number of anilines is 1. The Morgan fingerprint density at radius 2 is 2.04 bits per heavy atom. The third-order valence-electron chi connectivity index (χ3n) is 3.52. The Bertz CT molecular complexity index is 926. The molecule has 3 rings (SSSR count). The number of fused-ring (bicyclic) bond motifs is 1. The molecule has 0 atom stereocenters. The highest BCUT2D eigenvalue weighted by Gasteiger charge is 2.17. The molecule has 1 N–H and O–H groups in total. The van der Waals surface area contributed by atoms with Crippen molar-refractivity contribution >= 4 is 27.1 Å². The first kappa shape index (κ1) is 15.2. The lowest BCUT2D eigenvalue weighted by atomic mass is 10.1. The molecule has 1 aliphatic rings. The van der Waals surface area contributed by atoms with E-state index < -0.39 is 10.0 Å². The highest BCUT2D eigenvalue weighted by atomic mass is 32.2. The van der Waals surface area contributed by atoms with Gasteiger partial charge >= 0.3 is 0 Å². The topological polar surface area (TPSA) is 75.8 Å². The van der Waals surface area contributed by atoms with Crippen LogP contribution in [0.4, 0.5) is 11.4 Å². The molecule has 0 unspecified atom stereocenters. The number of nitrogens with zero attached hydrogens (tertiary/aromatic N) is 3. The first-order chi connectivity index (χ1) is 11.0. The van der Waals surface area contributed by atoms with Gasteiger partial charge in [0.2, 0.25) is 10.0 Å². The number of benzene rings is 1. The number of hydrogen-bond donors (Lipinski definition) is 1. The molecular weight excluding hydrogens is 312 g/mol. The fraction of sp³-hybridized carbons (Fsp3) is 0.188. The highest BCUT2D eigenvalue weighted by Crippen LogP contribution is 2.22. The Morgan fingerprint density at radius 3 is 2.74 bits per heavy atom. The summed E-state index contributed by atoms with van der Waals surface area (Å²) in [4.78, 5) is 11.8. The van der Waals surface area contributed by atoms with Crippen LogP contribution in [0.15, 0.2) is 41.5 Å². The Labute approximate surface area is 134 Å². The summed E-state index contributed by atoms with van der Waals surface area (Å²) in [5.41, 5.74) is 4.14. The Hall–Kier alpha value is -2.72. The molecule has 0 saturated heterocycles. The number of pyridine rings is 1. The van der Waals surface area contributed by atoms with E-state index in [9.17, 15) is 8.42 Å². The summed E-state index contributed by atoms with van der Waals surface area (Å²) in [7, 11) is -3.55. The first-order valence-corrected chi connectivity index (χ1v) is 8.59. The monoisotopic (exact) mass is 326 g/mol. The third kappa shape index (κ3) is 3.38. The van der Waals surface area contributed by atoms with Crippen LogP contribution in [-0.4, -0.2) is 19.1 Å². The molecule has 1 aromatic carbocycles. The molecule has 0 spiro atoms. The molecule has 0 fully saturated rings. The van der Waals surface area contributed by atoms with Crippen molar-refractivity contribution in [3.05, 3.63) is 64.8 Å². The summed E-state index contributed by atoms with van der Waals surface area (Å²) in [6.07, 6.45) is 1.51. The summed E-state index contributed by atoms with van der Waals surface area (Å²) in [5.74, 6) is -0.157.